The maximum absolute atomic E-state index is 12.4. The van der Waals surface area contributed by atoms with Crippen LogP contribution in [0.15, 0.2) is 18.2 Å². The van der Waals surface area contributed by atoms with Crippen molar-refractivity contribution in [1.29, 1.82) is 5.26 Å². The van der Waals surface area contributed by atoms with Gasteiger partial charge in [0.1, 0.15) is 5.69 Å². The standard InChI is InChI=1S/C17H18F3N3O3/c18-17(19,20)10-26-14-8-4-7-13(23-14)15(24)12(9-21)16(25)22-11-5-2-1-3-6-11/h4,7-8,11-12H,1-3,5-6,10H2,(H,22,25)/t12-/m0/s1. The molecule has 1 amide bonds. The van der Waals surface area contributed by atoms with Crippen molar-refractivity contribution in [3.8, 4) is 11.9 Å². The van der Waals surface area contributed by atoms with E-state index < -0.39 is 36.3 Å². The summed E-state index contributed by atoms with van der Waals surface area (Å²) in [4.78, 5) is 28.3. The van der Waals surface area contributed by atoms with Crippen LogP contribution in [0.5, 0.6) is 5.88 Å². The van der Waals surface area contributed by atoms with Gasteiger partial charge >= 0.3 is 6.18 Å². The van der Waals surface area contributed by atoms with Crippen LogP contribution in [-0.4, -0.2) is 35.5 Å². The average molecular weight is 369 g/mol. The third kappa shape index (κ3) is 5.72. The first-order chi connectivity index (χ1) is 12.3. The second-order valence-electron chi connectivity index (χ2n) is 6.03. The summed E-state index contributed by atoms with van der Waals surface area (Å²) >= 11 is 0. The first kappa shape index (κ1) is 19.7. The van der Waals surface area contributed by atoms with Gasteiger partial charge in [-0.25, -0.2) is 4.98 Å². The molecule has 1 aromatic heterocycles. The molecule has 26 heavy (non-hydrogen) atoms. The number of amides is 1. The van der Waals surface area contributed by atoms with Gasteiger partial charge in [-0.05, 0) is 18.9 Å². The van der Waals surface area contributed by atoms with Gasteiger partial charge in [0.2, 0.25) is 17.6 Å². The Hall–Kier alpha value is -2.63. The van der Waals surface area contributed by atoms with E-state index in [2.05, 4.69) is 15.0 Å². The van der Waals surface area contributed by atoms with Crippen molar-refractivity contribution < 1.29 is 27.5 Å². The smallest absolute Gasteiger partial charge is 0.422 e. The van der Waals surface area contributed by atoms with Gasteiger partial charge in [-0.2, -0.15) is 18.4 Å². The first-order valence-corrected chi connectivity index (χ1v) is 8.21. The normalized spacial score (nSPS) is 16.4. The summed E-state index contributed by atoms with van der Waals surface area (Å²) in [5.41, 5.74) is -0.296. The number of pyridine rings is 1. The molecule has 0 bridgehead atoms. The summed E-state index contributed by atoms with van der Waals surface area (Å²) < 4.78 is 41.1. The molecular weight excluding hydrogens is 351 g/mol. The number of hydrogen-bond acceptors (Lipinski definition) is 5. The highest BCUT2D eigenvalue weighted by Crippen LogP contribution is 2.20. The quantitative estimate of drug-likeness (QED) is 0.615. The SMILES string of the molecule is N#C[C@H](C(=O)NC1CCCCC1)C(=O)c1cccc(OCC(F)(F)F)n1. The molecule has 1 aliphatic carbocycles. The van der Waals surface area contributed by atoms with Crippen molar-refractivity contribution in [3.05, 3.63) is 23.9 Å². The summed E-state index contributed by atoms with van der Waals surface area (Å²) in [6.45, 7) is -1.55. The van der Waals surface area contributed by atoms with Gasteiger partial charge in [-0.15, -0.1) is 0 Å². The Bertz CT molecular complexity index is 694. The number of nitrogens with zero attached hydrogens (tertiary/aromatic N) is 2. The Morgan fingerprint density at radius 3 is 2.62 bits per heavy atom. The topological polar surface area (TPSA) is 92.1 Å². The van der Waals surface area contributed by atoms with Gasteiger partial charge in [0.15, 0.2) is 12.5 Å². The third-order valence-corrected chi connectivity index (χ3v) is 3.96. The van der Waals surface area contributed by atoms with E-state index in [0.717, 1.165) is 38.2 Å². The number of carbonyl (C=O) groups is 2. The second kappa shape index (κ2) is 8.65. The lowest BCUT2D eigenvalue weighted by Crippen LogP contribution is -2.42. The zero-order chi connectivity index (χ0) is 19.2. The van der Waals surface area contributed by atoms with Crippen LogP contribution in [0.2, 0.25) is 0 Å². The van der Waals surface area contributed by atoms with Gasteiger partial charge in [-0.3, -0.25) is 9.59 Å². The number of alkyl halides is 3. The van der Waals surface area contributed by atoms with Crippen molar-refractivity contribution in [2.24, 2.45) is 5.92 Å². The van der Waals surface area contributed by atoms with Crippen molar-refractivity contribution in [2.75, 3.05) is 6.61 Å². The largest absolute Gasteiger partial charge is 0.468 e. The molecule has 1 N–H and O–H groups in total. The van der Waals surface area contributed by atoms with Gasteiger partial charge in [0.25, 0.3) is 0 Å². The number of carbonyl (C=O) groups excluding carboxylic acids is 2. The molecule has 6 nitrogen and oxygen atoms in total. The molecule has 1 heterocycles. The summed E-state index contributed by atoms with van der Waals surface area (Å²) in [7, 11) is 0. The van der Waals surface area contributed by atoms with Gasteiger partial charge in [-0.1, -0.05) is 25.3 Å². The van der Waals surface area contributed by atoms with Crippen molar-refractivity contribution in [3.63, 3.8) is 0 Å². The van der Waals surface area contributed by atoms with E-state index >= 15 is 0 Å². The zero-order valence-electron chi connectivity index (χ0n) is 13.9. The second-order valence-corrected chi connectivity index (χ2v) is 6.03. The fraction of sp³-hybridized carbons (Fsp3) is 0.529. The van der Waals surface area contributed by atoms with E-state index in [-0.39, 0.29) is 11.7 Å². The molecule has 1 saturated carbocycles. The lowest BCUT2D eigenvalue weighted by Gasteiger charge is -2.23. The average Bonchev–Trinajstić information content (AvgIpc) is 2.61. The highest BCUT2D eigenvalue weighted by Gasteiger charge is 2.31. The Balaban J connectivity index is 2.05. The zero-order valence-corrected chi connectivity index (χ0v) is 13.9. The lowest BCUT2D eigenvalue weighted by atomic mass is 9.94. The molecule has 9 heteroatoms. The number of nitriles is 1. The van der Waals surface area contributed by atoms with E-state index in [0.29, 0.717) is 0 Å². The minimum Gasteiger partial charge on any atom is -0.468 e. The molecule has 2 rings (SSSR count). The molecular formula is C17H18F3N3O3. The highest BCUT2D eigenvalue weighted by atomic mass is 19.4. The molecule has 1 atom stereocenters. The number of halogens is 3. The molecule has 0 aliphatic heterocycles. The van der Waals surface area contributed by atoms with Crippen LogP contribution in [-0.2, 0) is 4.79 Å². The van der Waals surface area contributed by atoms with Crippen LogP contribution in [0, 0.1) is 17.2 Å². The molecule has 0 spiro atoms. The van der Waals surface area contributed by atoms with Crippen molar-refractivity contribution in [1.82, 2.24) is 10.3 Å². The minimum atomic E-state index is -4.54. The van der Waals surface area contributed by atoms with Crippen LogP contribution in [0.4, 0.5) is 13.2 Å². The summed E-state index contributed by atoms with van der Waals surface area (Å²) in [6.07, 6.45) is 0.0547. The van der Waals surface area contributed by atoms with Crippen LogP contribution < -0.4 is 10.1 Å². The Kier molecular flexibility index (Phi) is 6.55. The van der Waals surface area contributed by atoms with E-state index in [1.54, 1.807) is 6.07 Å². The molecule has 0 unspecified atom stereocenters. The molecule has 1 aliphatic rings. The predicted molar refractivity (Wildman–Crippen MR) is 84.2 cm³/mol. The van der Waals surface area contributed by atoms with Crippen molar-refractivity contribution >= 4 is 11.7 Å². The monoisotopic (exact) mass is 369 g/mol. The van der Waals surface area contributed by atoms with E-state index in [9.17, 15) is 28.0 Å². The third-order valence-electron chi connectivity index (χ3n) is 3.96. The van der Waals surface area contributed by atoms with Gasteiger partial charge in [0.05, 0.1) is 6.07 Å². The predicted octanol–water partition coefficient (Wildman–Crippen LogP) is 2.79. The maximum atomic E-state index is 12.4. The number of ketones is 1. The first-order valence-electron chi connectivity index (χ1n) is 8.21. The number of hydrogen-bond donors (Lipinski definition) is 1. The summed E-state index contributed by atoms with van der Waals surface area (Å²) in [6, 6.07) is 5.23. The minimum absolute atomic E-state index is 0.0747. The maximum Gasteiger partial charge on any atom is 0.422 e. The number of ether oxygens (including phenoxy) is 1. The lowest BCUT2D eigenvalue weighted by molar-refractivity contribution is -0.154. The fourth-order valence-corrected chi connectivity index (χ4v) is 2.70. The van der Waals surface area contributed by atoms with Crippen LogP contribution in [0.1, 0.15) is 42.6 Å². The molecule has 1 aromatic rings. The number of aromatic nitrogens is 1. The Labute approximate surface area is 148 Å². The number of nitrogens with one attached hydrogen (secondary N) is 1. The van der Waals surface area contributed by atoms with Gasteiger partial charge < -0.3 is 10.1 Å². The van der Waals surface area contributed by atoms with Crippen LogP contribution in [0.25, 0.3) is 0 Å². The number of rotatable bonds is 6. The van der Waals surface area contributed by atoms with E-state index in [4.69, 9.17) is 0 Å². The van der Waals surface area contributed by atoms with Crippen LogP contribution in [0.3, 0.4) is 0 Å². The molecule has 140 valence electrons. The van der Waals surface area contributed by atoms with Crippen molar-refractivity contribution in [2.45, 2.75) is 44.3 Å². The highest BCUT2D eigenvalue weighted by molar-refractivity contribution is 6.11. The Morgan fingerprint density at radius 1 is 1.31 bits per heavy atom. The molecule has 0 radical (unpaired) electrons. The Morgan fingerprint density at radius 2 is 2.00 bits per heavy atom. The molecule has 0 aromatic carbocycles. The molecule has 0 saturated heterocycles. The van der Waals surface area contributed by atoms with E-state index in [1.165, 1.54) is 12.1 Å². The van der Waals surface area contributed by atoms with Gasteiger partial charge in [0, 0.05) is 12.1 Å². The van der Waals surface area contributed by atoms with Crippen LogP contribution >= 0.6 is 0 Å². The summed E-state index contributed by atoms with van der Waals surface area (Å²) in [5.74, 6) is -3.61. The van der Waals surface area contributed by atoms with E-state index in [1.807, 2.05) is 0 Å². The molecule has 1 fully saturated rings. The number of Topliss-reactive ketones (excluding diaryl/α,β-unsaturated/α-hetero) is 1. The fourth-order valence-electron chi connectivity index (χ4n) is 2.70. The summed E-state index contributed by atoms with van der Waals surface area (Å²) in [5, 5.41) is 11.9.